The van der Waals surface area contributed by atoms with Crippen LogP contribution in [0.4, 0.5) is 11.6 Å². The van der Waals surface area contributed by atoms with Gasteiger partial charge in [-0.3, -0.25) is 15.1 Å². The quantitative estimate of drug-likeness (QED) is 0.476. The van der Waals surface area contributed by atoms with E-state index in [2.05, 4.69) is 42.8 Å². The van der Waals surface area contributed by atoms with Gasteiger partial charge in [0, 0.05) is 16.1 Å². The lowest BCUT2D eigenvalue weighted by Gasteiger charge is -2.31. The van der Waals surface area contributed by atoms with Gasteiger partial charge in [-0.25, -0.2) is 9.99 Å². The van der Waals surface area contributed by atoms with E-state index in [0.29, 0.717) is 0 Å². The van der Waals surface area contributed by atoms with Crippen LogP contribution in [0.2, 0.25) is 0 Å². The largest absolute Gasteiger partial charge is 0.497 e. The van der Waals surface area contributed by atoms with Crippen LogP contribution < -0.4 is 25.8 Å². The third-order valence-corrected chi connectivity index (χ3v) is 8.43. The smallest absolute Gasteiger partial charge is 0.249 e. The summed E-state index contributed by atoms with van der Waals surface area (Å²) in [7, 11) is 1.62. The molecule has 3 aromatic rings. The van der Waals surface area contributed by atoms with E-state index in [9.17, 15) is 4.79 Å². The maximum atomic E-state index is 12.6. The number of nitrogens with zero attached hydrogens (tertiary/aromatic N) is 4. The molecule has 33 heavy (non-hydrogen) atoms. The highest BCUT2D eigenvalue weighted by Crippen LogP contribution is 2.48. The summed E-state index contributed by atoms with van der Waals surface area (Å²) in [6.07, 6.45) is 4.91. The zero-order valence-corrected chi connectivity index (χ0v) is 20.1. The first-order chi connectivity index (χ1) is 16.1. The van der Waals surface area contributed by atoms with Crippen molar-refractivity contribution in [3.8, 4) is 10.8 Å². The topological polar surface area (TPSA) is 96.3 Å². The second kappa shape index (κ2) is 8.32. The molecule has 2 aliphatic heterocycles. The minimum atomic E-state index is -0.0866. The second-order valence-corrected chi connectivity index (χ2v) is 10.4. The summed E-state index contributed by atoms with van der Waals surface area (Å²) in [5, 5.41) is 19.5. The van der Waals surface area contributed by atoms with Crippen LogP contribution in [0.25, 0.3) is 5.00 Å². The summed E-state index contributed by atoms with van der Waals surface area (Å²) >= 11 is 3.26. The molecule has 1 aliphatic carbocycles. The van der Waals surface area contributed by atoms with Gasteiger partial charge in [0.25, 0.3) is 0 Å². The number of hydrazine groups is 1. The molecule has 172 valence electrons. The molecule has 0 radical (unpaired) electrons. The molecule has 1 amide bonds. The van der Waals surface area contributed by atoms with Gasteiger partial charge in [-0.05, 0) is 62.4 Å². The normalized spacial score (nSPS) is 20.6. The van der Waals surface area contributed by atoms with E-state index >= 15 is 0 Å². The lowest BCUT2D eigenvalue weighted by molar-refractivity contribution is -0.113. The molecule has 6 rings (SSSR count). The van der Waals surface area contributed by atoms with Crippen molar-refractivity contribution in [1.29, 1.82) is 0 Å². The summed E-state index contributed by atoms with van der Waals surface area (Å²) in [5.41, 5.74) is 7.03. The number of benzene rings is 1. The van der Waals surface area contributed by atoms with Crippen molar-refractivity contribution in [3.63, 3.8) is 0 Å². The Morgan fingerprint density at radius 3 is 2.91 bits per heavy atom. The van der Waals surface area contributed by atoms with Crippen molar-refractivity contribution in [2.75, 3.05) is 23.2 Å². The fourth-order valence-electron chi connectivity index (χ4n) is 4.73. The molecule has 4 heterocycles. The first-order valence-electron chi connectivity index (χ1n) is 11.1. The molecule has 0 spiro atoms. The molecule has 3 N–H and O–H groups in total. The number of aromatic nitrogens is 3. The molecule has 1 fully saturated rings. The highest BCUT2D eigenvalue weighted by Gasteiger charge is 2.43. The minimum Gasteiger partial charge on any atom is -0.497 e. The SMILES string of the molecule is COc1ccc(NC(=O)CSc2nnc3n2-c2sc4c(c2C2NC(C)NN32)CCCC4)cc1. The molecule has 2 aromatic heterocycles. The number of carbonyl (C=O) groups is 1. The summed E-state index contributed by atoms with van der Waals surface area (Å²) in [5.74, 6) is 1.68. The van der Waals surface area contributed by atoms with E-state index in [-0.39, 0.29) is 24.0 Å². The summed E-state index contributed by atoms with van der Waals surface area (Å²) in [6.45, 7) is 2.11. The third-order valence-electron chi connectivity index (χ3n) is 6.21. The fourth-order valence-corrected chi connectivity index (χ4v) is 6.94. The Morgan fingerprint density at radius 1 is 1.27 bits per heavy atom. The van der Waals surface area contributed by atoms with Crippen molar-refractivity contribution in [1.82, 2.24) is 25.5 Å². The van der Waals surface area contributed by atoms with Gasteiger partial charge >= 0.3 is 0 Å². The van der Waals surface area contributed by atoms with Crippen molar-refractivity contribution in [2.24, 2.45) is 0 Å². The van der Waals surface area contributed by atoms with Gasteiger partial charge in [-0.1, -0.05) is 11.8 Å². The standard InChI is InChI=1S/C22H25N7O2S2/c1-12-23-19-18-15-5-3-4-6-16(15)33-20(18)28-21(29(19)27-12)25-26-22(28)32-11-17(30)24-13-7-9-14(31-2)10-8-13/h7-10,12,19,23,27H,3-6,11H2,1-2H3,(H,24,30). The molecular weight excluding hydrogens is 458 g/mol. The molecule has 9 nitrogen and oxygen atoms in total. The Balaban J connectivity index is 1.27. The number of carbonyl (C=O) groups excluding carboxylic acids is 1. The van der Waals surface area contributed by atoms with E-state index in [0.717, 1.165) is 35.4 Å². The number of aryl methyl sites for hydroxylation is 1. The Morgan fingerprint density at radius 2 is 2.09 bits per heavy atom. The molecule has 11 heteroatoms. The maximum absolute atomic E-state index is 12.6. The molecule has 2 unspecified atom stereocenters. The number of nitrogens with one attached hydrogen (secondary N) is 3. The molecule has 1 saturated heterocycles. The summed E-state index contributed by atoms with van der Waals surface area (Å²) in [4.78, 5) is 14.1. The van der Waals surface area contributed by atoms with Crippen LogP contribution >= 0.6 is 23.1 Å². The number of hydrogen-bond donors (Lipinski definition) is 3. The predicted molar refractivity (Wildman–Crippen MR) is 129 cm³/mol. The third kappa shape index (κ3) is 3.59. The van der Waals surface area contributed by atoms with Crippen LogP contribution in [0.1, 0.15) is 41.9 Å². The average molecular weight is 484 g/mol. The van der Waals surface area contributed by atoms with E-state index in [4.69, 9.17) is 4.74 Å². The van der Waals surface area contributed by atoms with E-state index in [1.165, 1.54) is 45.6 Å². The number of amides is 1. The Hall–Kier alpha value is -2.60. The number of thiophene rings is 1. The lowest BCUT2D eigenvalue weighted by Crippen LogP contribution is -2.40. The van der Waals surface area contributed by atoms with Crippen LogP contribution in [0.5, 0.6) is 5.75 Å². The van der Waals surface area contributed by atoms with Gasteiger partial charge in [0.1, 0.15) is 16.9 Å². The first kappa shape index (κ1) is 21.0. The van der Waals surface area contributed by atoms with Gasteiger partial charge in [0.2, 0.25) is 11.9 Å². The zero-order chi connectivity index (χ0) is 22.5. The van der Waals surface area contributed by atoms with Crippen LogP contribution in [0, 0.1) is 0 Å². The molecule has 2 atom stereocenters. The number of ether oxygens (including phenoxy) is 1. The van der Waals surface area contributed by atoms with E-state index in [1.54, 1.807) is 7.11 Å². The molecule has 0 bridgehead atoms. The van der Waals surface area contributed by atoms with Crippen molar-refractivity contribution < 1.29 is 9.53 Å². The van der Waals surface area contributed by atoms with Crippen LogP contribution in [0.3, 0.4) is 0 Å². The molecule has 1 aromatic carbocycles. The molecule has 3 aliphatic rings. The zero-order valence-electron chi connectivity index (χ0n) is 18.4. The number of thioether (sulfide) groups is 1. The predicted octanol–water partition coefficient (Wildman–Crippen LogP) is 3.22. The monoisotopic (exact) mass is 483 g/mol. The Bertz CT molecular complexity index is 1210. The van der Waals surface area contributed by atoms with Gasteiger partial charge < -0.3 is 10.1 Å². The van der Waals surface area contributed by atoms with Gasteiger partial charge in [-0.15, -0.1) is 21.5 Å². The number of methoxy groups -OCH3 is 1. The van der Waals surface area contributed by atoms with Crippen LogP contribution in [0.15, 0.2) is 29.4 Å². The number of hydrogen-bond acceptors (Lipinski definition) is 9. The Kier molecular flexibility index (Phi) is 5.28. The van der Waals surface area contributed by atoms with Gasteiger partial charge in [0.05, 0.1) is 19.0 Å². The lowest BCUT2D eigenvalue weighted by atomic mass is 9.94. The second-order valence-electron chi connectivity index (χ2n) is 8.40. The minimum absolute atomic E-state index is 0.0565. The highest BCUT2D eigenvalue weighted by atomic mass is 32.2. The van der Waals surface area contributed by atoms with Crippen molar-refractivity contribution in [3.05, 3.63) is 40.3 Å². The summed E-state index contributed by atoms with van der Waals surface area (Å²) in [6, 6.07) is 7.31. The first-order valence-corrected chi connectivity index (χ1v) is 12.9. The Labute approximate surface area is 199 Å². The summed E-state index contributed by atoms with van der Waals surface area (Å²) < 4.78 is 7.29. The number of anilines is 2. The molecular formula is C22H25N7O2S2. The number of rotatable bonds is 5. The van der Waals surface area contributed by atoms with Gasteiger partial charge in [0.15, 0.2) is 5.16 Å². The maximum Gasteiger partial charge on any atom is 0.249 e. The average Bonchev–Trinajstić information content (AvgIpc) is 3.52. The molecule has 0 saturated carbocycles. The number of fused-ring (bicyclic) bond motifs is 8. The van der Waals surface area contributed by atoms with E-state index < -0.39 is 0 Å². The fraction of sp³-hybridized carbons (Fsp3) is 0.409. The van der Waals surface area contributed by atoms with Gasteiger partial charge in [-0.2, -0.15) is 0 Å². The van der Waals surface area contributed by atoms with E-state index in [1.807, 2.05) is 35.6 Å². The van der Waals surface area contributed by atoms with Crippen molar-refractivity contribution in [2.45, 2.75) is 50.1 Å². The van der Waals surface area contributed by atoms with Crippen LogP contribution in [-0.4, -0.2) is 39.7 Å². The van der Waals surface area contributed by atoms with Crippen molar-refractivity contribution >= 4 is 40.6 Å². The van der Waals surface area contributed by atoms with Crippen LogP contribution in [-0.2, 0) is 17.6 Å². The highest BCUT2D eigenvalue weighted by molar-refractivity contribution is 7.99.